The molecule has 1 aliphatic heterocycles. The standard InChI is InChI=1S/C19H22N2O2/c1-3-17-18(14(2)23-20-17)19(22)21-11-9-16(10-12-21)13-15-7-5-4-6-8-15/h4-8,13H,3,9-12H2,1-2H3. The van der Waals surface area contributed by atoms with Crippen LogP contribution in [0.25, 0.3) is 6.08 Å². The van der Waals surface area contributed by atoms with Gasteiger partial charge in [-0.1, -0.05) is 54.1 Å². The minimum atomic E-state index is 0.0550. The van der Waals surface area contributed by atoms with Gasteiger partial charge in [0.2, 0.25) is 0 Å². The Labute approximate surface area is 136 Å². The van der Waals surface area contributed by atoms with Crippen molar-refractivity contribution in [2.75, 3.05) is 13.1 Å². The molecule has 0 spiro atoms. The Bertz CT molecular complexity index is 706. The van der Waals surface area contributed by atoms with Crippen molar-refractivity contribution in [3.05, 3.63) is 58.5 Å². The first-order chi connectivity index (χ1) is 11.2. The summed E-state index contributed by atoms with van der Waals surface area (Å²) in [4.78, 5) is 14.7. The number of carbonyl (C=O) groups is 1. The Morgan fingerprint density at radius 3 is 2.61 bits per heavy atom. The second kappa shape index (κ2) is 6.82. The average Bonchev–Trinajstić information content (AvgIpc) is 2.96. The number of hydrogen-bond acceptors (Lipinski definition) is 3. The first-order valence-corrected chi connectivity index (χ1v) is 8.18. The zero-order valence-corrected chi connectivity index (χ0v) is 13.7. The van der Waals surface area contributed by atoms with Gasteiger partial charge in [0.05, 0.1) is 5.69 Å². The van der Waals surface area contributed by atoms with Crippen molar-refractivity contribution >= 4 is 12.0 Å². The largest absolute Gasteiger partial charge is 0.361 e. The van der Waals surface area contributed by atoms with Gasteiger partial charge in [-0.2, -0.15) is 0 Å². The van der Waals surface area contributed by atoms with E-state index < -0.39 is 0 Å². The summed E-state index contributed by atoms with van der Waals surface area (Å²) in [6.45, 7) is 5.31. The number of piperidine rings is 1. The smallest absolute Gasteiger partial charge is 0.259 e. The first-order valence-electron chi connectivity index (χ1n) is 8.18. The lowest BCUT2D eigenvalue weighted by atomic mass is 10.00. The van der Waals surface area contributed by atoms with Crippen molar-refractivity contribution in [3.63, 3.8) is 0 Å². The minimum absolute atomic E-state index is 0.0550. The molecular formula is C19H22N2O2. The number of likely N-dealkylation sites (tertiary alicyclic amines) is 1. The number of rotatable bonds is 3. The van der Waals surface area contributed by atoms with Gasteiger partial charge in [0.1, 0.15) is 11.3 Å². The van der Waals surface area contributed by atoms with Crippen molar-refractivity contribution in [3.8, 4) is 0 Å². The number of benzene rings is 1. The zero-order chi connectivity index (χ0) is 16.2. The van der Waals surface area contributed by atoms with Crippen LogP contribution in [0.4, 0.5) is 0 Å². The van der Waals surface area contributed by atoms with Crippen LogP contribution in [0.15, 0.2) is 40.4 Å². The van der Waals surface area contributed by atoms with Gasteiger partial charge in [0, 0.05) is 13.1 Å². The molecule has 1 amide bonds. The number of carbonyl (C=O) groups excluding carboxylic acids is 1. The van der Waals surface area contributed by atoms with E-state index in [0.717, 1.165) is 31.6 Å². The molecule has 0 atom stereocenters. The van der Waals surface area contributed by atoms with Crippen molar-refractivity contribution in [1.29, 1.82) is 0 Å². The molecular weight excluding hydrogens is 288 g/mol. The molecule has 0 N–H and O–H groups in total. The molecule has 120 valence electrons. The minimum Gasteiger partial charge on any atom is -0.361 e. The highest BCUT2D eigenvalue weighted by Gasteiger charge is 2.26. The van der Waals surface area contributed by atoms with Crippen LogP contribution >= 0.6 is 0 Å². The zero-order valence-electron chi connectivity index (χ0n) is 13.7. The fourth-order valence-electron chi connectivity index (χ4n) is 3.02. The third kappa shape index (κ3) is 3.36. The summed E-state index contributed by atoms with van der Waals surface area (Å²) in [7, 11) is 0. The highest BCUT2D eigenvalue weighted by Crippen LogP contribution is 2.23. The average molecular weight is 310 g/mol. The summed E-state index contributed by atoms with van der Waals surface area (Å²) >= 11 is 0. The van der Waals surface area contributed by atoms with Gasteiger partial charge in [0.15, 0.2) is 0 Å². The summed E-state index contributed by atoms with van der Waals surface area (Å²) in [6, 6.07) is 10.3. The maximum Gasteiger partial charge on any atom is 0.259 e. The molecule has 23 heavy (non-hydrogen) atoms. The highest BCUT2D eigenvalue weighted by atomic mass is 16.5. The molecule has 0 bridgehead atoms. The molecule has 1 aromatic carbocycles. The molecule has 1 saturated heterocycles. The summed E-state index contributed by atoms with van der Waals surface area (Å²) in [5, 5.41) is 3.99. The number of aryl methyl sites for hydroxylation is 2. The van der Waals surface area contributed by atoms with Crippen molar-refractivity contribution in [2.24, 2.45) is 0 Å². The first kappa shape index (κ1) is 15.5. The van der Waals surface area contributed by atoms with Gasteiger partial charge in [-0.15, -0.1) is 0 Å². The van der Waals surface area contributed by atoms with Crippen LogP contribution in [-0.4, -0.2) is 29.1 Å². The van der Waals surface area contributed by atoms with E-state index in [-0.39, 0.29) is 5.91 Å². The number of nitrogens with zero attached hydrogens (tertiary/aromatic N) is 2. The lowest BCUT2D eigenvalue weighted by Crippen LogP contribution is -2.36. The maximum absolute atomic E-state index is 12.7. The van der Waals surface area contributed by atoms with Gasteiger partial charge in [-0.05, 0) is 31.7 Å². The molecule has 0 aliphatic carbocycles. The second-order valence-electron chi connectivity index (χ2n) is 5.92. The predicted molar refractivity (Wildman–Crippen MR) is 90.2 cm³/mol. The van der Waals surface area contributed by atoms with Crippen molar-refractivity contribution < 1.29 is 9.32 Å². The SMILES string of the molecule is CCc1noc(C)c1C(=O)N1CCC(=Cc2ccccc2)CC1. The monoisotopic (exact) mass is 310 g/mol. The third-order valence-corrected chi connectivity index (χ3v) is 4.35. The summed E-state index contributed by atoms with van der Waals surface area (Å²) in [6.07, 6.45) is 4.80. The molecule has 0 unspecified atom stereocenters. The van der Waals surface area contributed by atoms with Crippen LogP contribution in [0, 0.1) is 6.92 Å². The number of hydrogen-bond donors (Lipinski definition) is 0. The van der Waals surface area contributed by atoms with Gasteiger partial charge >= 0.3 is 0 Å². The van der Waals surface area contributed by atoms with E-state index in [1.807, 2.05) is 36.9 Å². The van der Waals surface area contributed by atoms with Gasteiger partial charge in [-0.3, -0.25) is 4.79 Å². The quantitative estimate of drug-likeness (QED) is 0.864. The number of amides is 1. The fourth-order valence-corrected chi connectivity index (χ4v) is 3.02. The molecule has 4 nitrogen and oxygen atoms in total. The van der Waals surface area contributed by atoms with Gasteiger partial charge in [0.25, 0.3) is 5.91 Å². The highest BCUT2D eigenvalue weighted by molar-refractivity contribution is 5.96. The lowest BCUT2D eigenvalue weighted by molar-refractivity contribution is 0.0741. The Balaban J connectivity index is 1.68. The third-order valence-electron chi connectivity index (χ3n) is 4.35. The van der Waals surface area contributed by atoms with E-state index in [0.29, 0.717) is 17.7 Å². The molecule has 2 heterocycles. The Morgan fingerprint density at radius 2 is 1.96 bits per heavy atom. The lowest BCUT2D eigenvalue weighted by Gasteiger charge is -2.28. The molecule has 1 fully saturated rings. The molecule has 4 heteroatoms. The van der Waals surface area contributed by atoms with Crippen molar-refractivity contribution in [2.45, 2.75) is 33.1 Å². The van der Waals surface area contributed by atoms with Crippen LogP contribution in [-0.2, 0) is 6.42 Å². The number of aromatic nitrogens is 1. The Hall–Kier alpha value is -2.36. The topological polar surface area (TPSA) is 46.3 Å². The molecule has 1 aliphatic rings. The summed E-state index contributed by atoms with van der Waals surface area (Å²) in [5.74, 6) is 0.678. The van der Waals surface area contributed by atoms with E-state index in [1.165, 1.54) is 11.1 Å². The van der Waals surface area contributed by atoms with Crippen molar-refractivity contribution in [1.82, 2.24) is 10.1 Å². The summed E-state index contributed by atoms with van der Waals surface area (Å²) in [5.41, 5.74) is 4.05. The van der Waals surface area contributed by atoms with Crippen LogP contribution in [0.3, 0.4) is 0 Å². The molecule has 0 radical (unpaired) electrons. The molecule has 2 aromatic rings. The predicted octanol–water partition coefficient (Wildman–Crippen LogP) is 3.87. The van der Waals surface area contributed by atoms with Gasteiger partial charge < -0.3 is 9.42 Å². The Morgan fingerprint density at radius 1 is 1.26 bits per heavy atom. The second-order valence-corrected chi connectivity index (χ2v) is 5.92. The molecule has 1 aromatic heterocycles. The maximum atomic E-state index is 12.7. The van der Waals surface area contributed by atoms with E-state index in [1.54, 1.807) is 0 Å². The van der Waals surface area contributed by atoms with Crippen LogP contribution in [0.5, 0.6) is 0 Å². The Kier molecular flexibility index (Phi) is 4.60. The van der Waals surface area contributed by atoms with Crippen LogP contribution < -0.4 is 0 Å². The fraction of sp³-hybridized carbons (Fsp3) is 0.368. The van der Waals surface area contributed by atoms with E-state index in [2.05, 4.69) is 23.4 Å². The normalized spacial score (nSPS) is 14.9. The molecule has 3 rings (SSSR count). The van der Waals surface area contributed by atoms with Crippen LogP contribution in [0.1, 0.15) is 47.1 Å². The van der Waals surface area contributed by atoms with Gasteiger partial charge in [-0.25, -0.2) is 0 Å². The summed E-state index contributed by atoms with van der Waals surface area (Å²) < 4.78 is 5.19. The molecule has 0 saturated carbocycles. The van der Waals surface area contributed by atoms with Crippen LogP contribution in [0.2, 0.25) is 0 Å². The van der Waals surface area contributed by atoms with E-state index >= 15 is 0 Å². The van der Waals surface area contributed by atoms with E-state index in [9.17, 15) is 4.79 Å². The van der Waals surface area contributed by atoms with E-state index in [4.69, 9.17) is 4.52 Å².